The van der Waals surface area contributed by atoms with Gasteiger partial charge < -0.3 is 19.9 Å². The number of likely N-dealkylation sites (tertiary alicyclic amines) is 1. The SMILES string of the molecule is CCc1ccc(C2CC(C(=O)Nc3ccccc3)CN(C(=O)N3CCOCC3)C2)cc1. The van der Waals surface area contributed by atoms with Crippen molar-refractivity contribution < 1.29 is 14.3 Å². The van der Waals surface area contributed by atoms with E-state index in [1.165, 1.54) is 11.1 Å². The Morgan fingerprint density at radius 1 is 0.968 bits per heavy atom. The second kappa shape index (κ2) is 9.96. The number of rotatable bonds is 4. The van der Waals surface area contributed by atoms with E-state index in [0.29, 0.717) is 39.4 Å². The molecule has 2 heterocycles. The monoisotopic (exact) mass is 421 g/mol. The first-order valence-corrected chi connectivity index (χ1v) is 11.2. The number of carbonyl (C=O) groups excluding carboxylic acids is 2. The molecule has 31 heavy (non-hydrogen) atoms. The minimum absolute atomic E-state index is 0.00990. The van der Waals surface area contributed by atoms with Crippen molar-refractivity contribution in [3.63, 3.8) is 0 Å². The minimum atomic E-state index is -0.255. The number of carbonyl (C=O) groups is 2. The molecule has 4 rings (SSSR count). The maximum atomic E-state index is 13.2. The van der Waals surface area contributed by atoms with E-state index in [1.807, 2.05) is 40.1 Å². The van der Waals surface area contributed by atoms with Gasteiger partial charge in [-0.15, -0.1) is 0 Å². The van der Waals surface area contributed by atoms with Crippen LogP contribution in [0.15, 0.2) is 54.6 Å². The van der Waals surface area contributed by atoms with Crippen LogP contribution in [-0.2, 0) is 16.0 Å². The van der Waals surface area contributed by atoms with Crippen molar-refractivity contribution in [2.75, 3.05) is 44.7 Å². The second-order valence-electron chi connectivity index (χ2n) is 8.37. The first-order valence-electron chi connectivity index (χ1n) is 11.2. The summed E-state index contributed by atoms with van der Waals surface area (Å²) in [6, 6.07) is 18.1. The molecule has 0 aromatic heterocycles. The molecule has 2 saturated heterocycles. The molecule has 0 bridgehead atoms. The number of piperidine rings is 1. The maximum absolute atomic E-state index is 13.2. The quantitative estimate of drug-likeness (QED) is 0.818. The lowest BCUT2D eigenvalue weighted by atomic mass is 9.83. The van der Waals surface area contributed by atoms with Gasteiger partial charge >= 0.3 is 6.03 Å². The fraction of sp³-hybridized carbons (Fsp3) is 0.440. The van der Waals surface area contributed by atoms with Gasteiger partial charge in [0.25, 0.3) is 0 Å². The van der Waals surface area contributed by atoms with E-state index in [4.69, 9.17) is 4.74 Å². The van der Waals surface area contributed by atoms with Crippen LogP contribution in [0.3, 0.4) is 0 Å². The molecule has 6 heteroatoms. The Bertz CT molecular complexity index is 879. The number of aryl methyl sites for hydroxylation is 1. The molecule has 0 radical (unpaired) electrons. The summed E-state index contributed by atoms with van der Waals surface area (Å²) in [5.74, 6) is -0.146. The third kappa shape index (κ3) is 5.25. The van der Waals surface area contributed by atoms with Gasteiger partial charge in [0.1, 0.15) is 0 Å². The van der Waals surface area contributed by atoms with E-state index in [0.717, 1.165) is 18.5 Å². The molecule has 6 nitrogen and oxygen atoms in total. The molecule has 2 aliphatic heterocycles. The number of benzene rings is 2. The van der Waals surface area contributed by atoms with Crippen molar-refractivity contribution in [3.8, 4) is 0 Å². The molecule has 164 valence electrons. The first-order chi connectivity index (χ1) is 15.1. The lowest BCUT2D eigenvalue weighted by Gasteiger charge is -2.40. The number of hydrogen-bond acceptors (Lipinski definition) is 3. The van der Waals surface area contributed by atoms with Gasteiger partial charge in [-0.3, -0.25) is 4.79 Å². The number of morpholine rings is 1. The Balaban J connectivity index is 1.53. The number of urea groups is 1. The van der Waals surface area contributed by atoms with Crippen LogP contribution in [-0.4, -0.2) is 61.1 Å². The molecule has 2 aliphatic rings. The van der Waals surface area contributed by atoms with Crippen molar-refractivity contribution in [1.82, 2.24) is 9.80 Å². The topological polar surface area (TPSA) is 61.9 Å². The Labute approximate surface area is 184 Å². The summed E-state index contributed by atoms with van der Waals surface area (Å²) in [5.41, 5.74) is 3.27. The highest BCUT2D eigenvalue weighted by molar-refractivity contribution is 5.93. The Morgan fingerprint density at radius 3 is 2.35 bits per heavy atom. The lowest BCUT2D eigenvalue weighted by molar-refractivity contribution is -0.121. The van der Waals surface area contributed by atoms with Crippen molar-refractivity contribution in [3.05, 3.63) is 65.7 Å². The molecule has 1 N–H and O–H groups in total. The number of nitrogens with zero attached hydrogens (tertiary/aromatic N) is 2. The van der Waals surface area contributed by atoms with Gasteiger partial charge in [0.05, 0.1) is 19.1 Å². The molecular formula is C25H31N3O3. The van der Waals surface area contributed by atoms with Gasteiger partial charge in [0.15, 0.2) is 0 Å². The number of hydrogen-bond donors (Lipinski definition) is 1. The van der Waals surface area contributed by atoms with Crippen LogP contribution in [0.1, 0.15) is 30.4 Å². The average Bonchev–Trinajstić information content (AvgIpc) is 2.84. The predicted molar refractivity (Wildman–Crippen MR) is 121 cm³/mol. The average molecular weight is 422 g/mol. The fourth-order valence-electron chi connectivity index (χ4n) is 4.43. The molecular weight excluding hydrogens is 390 g/mol. The zero-order valence-electron chi connectivity index (χ0n) is 18.1. The third-order valence-corrected chi connectivity index (χ3v) is 6.27. The van der Waals surface area contributed by atoms with E-state index in [-0.39, 0.29) is 23.8 Å². The molecule has 0 saturated carbocycles. The third-order valence-electron chi connectivity index (χ3n) is 6.27. The highest BCUT2D eigenvalue weighted by atomic mass is 16.5. The van der Waals surface area contributed by atoms with E-state index in [2.05, 4.69) is 36.5 Å². The highest BCUT2D eigenvalue weighted by Crippen LogP contribution is 2.32. The Hall–Kier alpha value is -2.86. The van der Waals surface area contributed by atoms with Gasteiger partial charge in [0, 0.05) is 37.8 Å². The van der Waals surface area contributed by atoms with Crippen molar-refractivity contribution in [2.24, 2.45) is 5.92 Å². The summed E-state index contributed by atoms with van der Waals surface area (Å²) in [6.07, 6.45) is 1.73. The summed E-state index contributed by atoms with van der Waals surface area (Å²) in [5, 5.41) is 3.03. The Kier molecular flexibility index (Phi) is 6.87. The second-order valence-corrected chi connectivity index (χ2v) is 8.37. The molecule has 3 amide bonds. The number of amides is 3. The van der Waals surface area contributed by atoms with Crippen LogP contribution in [0.4, 0.5) is 10.5 Å². The summed E-state index contributed by atoms with van der Waals surface area (Å²) >= 11 is 0. The zero-order valence-corrected chi connectivity index (χ0v) is 18.1. The molecule has 2 aromatic rings. The predicted octanol–water partition coefficient (Wildman–Crippen LogP) is 3.75. The Morgan fingerprint density at radius 2 is 1.68 bits per heavy atom. The minimum Gasteiger partial charge on any atom is -0.378 e. The molecule has 0 aliphatic carbocycles. The van der Waals surface area contributed by atoms with E-state index in [1.54, 1.807) is 0 Å². The summed E-state index contributed by atoms with van der Waals surface area (Å²) in [7, 11) is 0. The van der Waals surface area contributed by atoms with Crippen LogP contribution in [0.5, 0.6) is 0 Å². The molecule has 2 fully saturated rings. The van der Waals surface area contributed by atoms with Crippen molar-refractivity contribution in [2.45, 2.75) is 25.7 Å². The van der Waals surface area contributed by atoms with Gasteiger partial charge in [-0.05, 0) is 36.1 Å². The summed E-state index contributed by atoms with van der Waals surface area (Å²) < 4.78 is 5.40. The van der Waals surface area contributed by atoms with Crippen LogP contribution < -0.4 is 5.32 Å². The van der Waals surface area contributed by atoms with Crippen LogP contribution >= 0.6 is 0 Å². The molecule has 2 unspecified atom stereocenters. The summed E-state index contributed by atoms with van der Waals surface area (Å²) in [4.78, 5) is 30.0. The molecule has 2 atom stereocenters. The normalized spacial score (nSPS) is 21.6. The van der Waals surface area contributed by atoms with Gasteiger partial charge in [-0.25, -0.2) is 4.79 Å². The smallest absolute Gasteiger partial charge is 0.320 e. The zero-order chi connectivity index (χ0) is 21.6. The number of anilines is 1. The first kappa shape index (κ1) is 21.4. The van der Waals surface area contributed by atoms with E-state index in [9.17, 15) is 9.59 Å². The highest BCUT2D eigenvalue weighted by Gasteiger charge is 2.36. The molecule has 2 aromatic carbocycles. The van der Waals surface area contributed by atoms with Crippen LogP contribution in [0.2, 0.25) is 0 Å². The van der Waals surface area contributed by atoms with Gasteiger partial charge in [-0.1, -0.05) is 49.4 Å². The lowest BCUT2D eigenvalue weighted by Crippen LogP contribution is -2.53. The van der Waals surface area contributed by atoms with Gasteiger partial charge in [-0.2, -0.15) is 0 Å². The van der Waals surface area contributed by atoms with Crippen molar-refractivity contribution >= 4 is 17.6 Å². The number of nitrogens with one attached hydrogen (secondary N) is 1. The maximum Gasteiger partial charge on any atom is 0.320 e. The van der Waals surface area contributed by atoms with Crippen LogP contribution in [0, 0.1) is 5.92 Å². The largest absolute Gasteiger partial charge is 0.378 e. The summed E-state index contributed by atoms with van der Waals surface area (Å²) in [6.45, 7) is 5.56. The number of para-hydroxylation sites is 1. The van der Waals surface area contributed by atoms with E-state index >= 15 is 0 Å². The van der Waals surface area contributed by atoms with E-state index < -0.39 is 0 Å². The fourth-order valence-corrected chi connectivity index (χ4v) is 4.43. The van der Waals surface area contributed by atoms with Crippen LogP contribution in [0.25, 0.3) is 0 Å². The number of ether oxygens (including phenoxy) is 1. The standard InChI is InChI=1S/C25H31N3O3/c1-2-19-8-10-20(11-9-19)21-16-22(24(29)26-23-6-4-3-5-7-23)18-28(17-21)25(30)27-12-14-31-15-13-27/h3-11,21-22H,2,12-18H2,1H3,(H,26,29). The van der Waals surface area contributed by atoms with Crippen molar-refractivity contribution in [1.29, 1.82) is 0 Å². The molecule has 0 spiro atoms. The van der Waals surface area contributed by atoms with Gasteiger partial charge in [0.2, 0.25) is 5.91 Å².